The Morgan fingerprint density at radius 3 is 2.65 bits per heavy atom. The maximum absolute atomic E-state index is 11.8. The Bertz CT molecular complexity index is 307. The van der Waals surface area contributed by atoms with Crippen molar-refractivity contribution in [1.29, 1.82) is 0 Å². The van der Waals surface area contributed by atoms with Crippen molar-refractivity contribution in [3.8, 4) is 0 Å². The first-order valence-corrected chi connectivity index (χ1v) is 7.14. The molecule has 0 aromatic carbocycles. The molecule has 0 N–H and O–H groups in total. The molecule has 1 spiro atoms. The Labute approximate surface area is 111 Å². The number of alkyl halides is 1. The van der Waals surface area contributed by atoms with Crippen LogP contribution in [0.4, 0.5) is 4.79 Å². The van der Waals surface area contributed by atoms with Crippen molar-refractivity contribution in [2.45, 2.75) is 38.4 Å². The number of carbonyl (C=O) groups excluding carboxylic acids is 1. The summed E-state index contributed by atoms with van der Waals surface area (Å²) in [6.45, 7) is 7.79. The molecule has 2 aliphatic rings. The van der Waals surface area contributed by atoms with E-state index in [0.29, 0.717) is 19.0 Å². The van der Waals surface area contributed by atoms with Crippen LogP contribution in [0.15, 0.2) is 0 Å². The van der Waals surface area contributed by atoms with Crippen LogP contribution in [-0.4, -0.2) is 47.2 Å². The molecule has 1 atom stereocenters. The molecule has 2 fully saturated rings. The van der Waals surface area contributed by atoms with Gasteiger partial charge in [-0.25, -0.2) is 4.79 Å². The first kappa shape index (κ1) is 13.1. The van der Waals surface area contributed by atoms with Crippen LogP contribution >= 0.6 is 15.9 Å². The maximum atomic E-state index is 11.8. The standard InChI is InChI=1S/C12H20BrNO3/c1-11(2,3)17-10(15)14-7-12(8-14)4-9(5-13)6-16-12/h9H,4-8H2,1-3H3. The highest BCUT2D eigenvalue weighted by molar-refractivity contribution is 9.09. The third-order valence-electron chi connectivity index (χ3n) is 3.11. The van der Waals surface area contributed by atoms with E-state index < -0.39 is 5.60 Å². The summed E-state index contributed by atoms with van der Waals surface area (Å²) in [4.78, 5) is 13.5. The average Bonchev–Trinajstić information content (AvgIpc) is 2.56. The molecule has 0 saturated carbocycles. The SMILES string of the molecule is CC(C)(C)OC(=O)N1CC2(CC(CBr)CO2)C1. The third kappa shape index (κ3) is 2.94. The van der Waals surface area contributed by atoms with Gasteiger partial charge in [0.15, 0.2) is 0 Å². The van der Waals surface area contributed by atoms with Gasteiger partial charge in [-0.1, -0.05) is 15.9 Å². The highest BCUT2D eigenvalue weighted by atomic mass is 79.9. The smallest absolute Gasteiger partial charge is 0.410 e. The molecule has 2 rings (SSSR count). The molecule has 17 heavy (non-hydrogen) atoms. The van der Waals surface area contributed by atoms with Gasteiger partial charge in [-0.3, -0.25) is 0 Å². The molecule has 2 saturated heterocycles. The second kappa shape index (κ2) is 4.43. The molecular formula is C12H20BrNO3. The lowest BCUT2D eigenvalue weighted by atomic mass is 9.88. The zero-order valence-electron chi connectivity index (χ0n) is 10.7. The molecule has 0 aliphatic carbocycles. The zero-order chi connectivity index (χ0) is 12.7. The largest absolute Gasteiger partial charge is 0.444 e. The monoisotopic (exact) mass is 305 g/mol. The quantitative estimate of drug-likeness (QED) is 0.698. The van der Waals surface area contributed by atoms with Crippen LogP contribution in [0.25, 0.3) is 0 Å². The summed E-state index contributed by atoms with van der Waals surface area (Å²) in [6.07, 6.45) is 0.811. The Morgan fingerprint density at radius 1 is 1.53 bits per heavy atom. The molecule has 98 valence electrons. The van der Waals surface area contributed by atoms with E-state index in [4.69, 9.17) is 9.47 Å². The first-order chi connectivity index (χ1) is 7.84. The van der Waals surface area contributed by atoms with Gasteiger partial charge in [0, 0.05) is 5.33 Å². The minimum atomic E-state index is -0.422. The van der Waals surface area contributed by atoms with E-state index in [9.17, 15) is 4.79 Å². The van der Waals surface area contributed by atoms with Crippen LogP contribution in [0, 0.1) is 5.92 Å². The third-order valence-corrected chi connectivity index (χ3v) is 4.03. The van der Waals surface area contributed by atoms with E-state index in [1.165, 1.54) is 0 Å². The second-order valence-corrected chi connectivity index (χ2v) is 6.70. The molecule has 5 heteroatoms. The molecule has 1 unspecified atom stereocenters. The van der Waals surface area contributed by atoms with Crippen molar-refractivity contribution >= 4 is 22.0 Å². The van der Waals surface area contributed by atoms with Crippen molar-refractivity contribution in [3.05, 3.63) is 0 Å². The van der Waals surface area contributed by atoms with Crippen LogP contribution < -0.4 is 0 Å². The molecule has 0 aromatic rings. The van der Waals surface area contributed by atoms with E-state index in [0.717, 1.165) is 18.4 Å². The first-order valence-electron chi connectivity index (χ1n) is 6.01. The lowest BCUT2D eigenvalue weighted by Gasteiger charge is -2.46. The van der Waals surface area contributed by atoms with E-state index in [1.807, 2.05) is 20.8 Å². The number of nitrogens with zero attached hydrogens (tertiary/aromatic N) is 1. The van der Waals surface area contributed by atoms with E-state index >= 15 is 0 Å². The predicted octanol–water partition coefficient (Wildman–Crippen LogP) is 2.41. The highest BCUT2D eigenvalue weighted by Crippen LogP contribution is 2.38. The van der Waals surface area contributed by atoms with Gasteiger partial charge in [0.25, 0.3) is 0 Å². The molecule has 2 heterocycles. The van der Waals surface area contributed by atoms with Crippen LogP contribution in [0.1, 0.15) is 27.2 Å². The molecule has 2 aliphatic heterocycles. The topological polar surface area (TPSA) is 38.8 Å². The Hall–Kier alpha value is -0.290. The lowest BCUT2D eigenvalue weighted by Crippen LogP contribution is -2.63. The predicted molar refractivity (Wildman–Crippen MR) is 68.4 cm³/mol. The number of carbonyl (C=O) groups is 1. The number of halogens is 1. The maximum Gasteiger partial charge on any atom is 0.410 e. The van der Waals surface area contributed by atoms with Gasteiger partial charge in [0.05, 0.1) is 19.7 Å². The summed E-state index contributed by atoms with van der Waals surface area (Å²) in [5.74, 6) is 0.579. The Morgan fingerprint density at radius 2 is 2.18 bits per heavy atom. The summed E-state index contributed by atoms with van der Waals surface area (Å²) in [5, 5.41) is 0.973. The van der Waals surface area contributed by atoms with E-state index in [2.05, 4.69) is 15.9 Å². The number of amides is 1. The number of hydrogen-bond donors (Lipinski definition) is 0. The zero-order valence-corrected chi connectivity index (χ0v) is 12.2. The number of rotatable bonds is 1. The molecule has 1 amide bonds. The van der Waals surface area contributed by atoms with Crippen molar-refractivity contribution in [2.75, 3.05) is 25.0 Å². The molecule has 0 radical (unpaired) electrons. The molecule has 0 bridgehead atoms. The normalized spacial score (nSPS) is 27.1. The highest BCUT2D eigenvalue weighted by Gasteiger charge is 2.51. The van der Waals surface area contributed by atoms with Crippen molar-refractivity contribution in [1.82, 2.24) is 4.90 Å². The van der Waals surface area contributed by atoms with E-state index in [-0.39, 0.29) is 11.7 Å². The molecule has 4 nitrogen and oxygen atoms in total. The van der Waals surface area contributed by atoms with Crippen LogP contribution in [-0.2, 0) is 9.47 Å². The van der Waals surface area contributed by atoms with Gasteiger partial charge in [0.2, 0.25) is 0 Å². The lowest BCUT2D eigenvalue weighted by molar-refractivity contribution is -0.109. The summed E-state index contributed by atoms with van der Waals surface area (Å²) in [7, 11) is 0. The summed E-state index contributed by atoms with van der Waals surface area (Å²) in [6, 6.07) is 0. The van der Waals surface area contributed by atoms with Crippen LogP contribution in [0.2, 0.25) is 0 Å². The van der Waals surface area contributed by atoms with Gasteiger partial charge in [-0.05, 0) is 33.1 Å². The fourth-order valence-electron chi connectivity index (χ4n) is 2.36. The number of hydrogen-bond acceptors (Lipinski definition) is 3. The van der Waals surface area contributed by atoms with Gasteiger partial charge in [0.1, 0.15) is 11.2 Å². The molecule has 0 aromatic heterocycles. The summed E-state index contributed by atoms with van der Waals surface area (Å²) >= 11 is 3.48. The fraction of sp³-hybridized carbons (Fsp3) is 0.917. The van der Waals surface area contributed by atoms with Gasteiger partial charge >= 0.3 is 6.09 Å². The average molecular weight is 306 g/mol. The van der Waals surface area contributed by atoms with Crippen molar-refractivity contribution in [2.24, 2.45) is 5.92 Å². The van der Waals surface area contributed by atoms with Crippen LogP contribution in [0.5, 0.6) is 0 Å². The summed E-state index contributed by atoms with van der Waals surface area (Å²) < 4.78 is 11.1. The minimum Gasteiger partial charge on any atom is -0.444 e. The summed E-state index contributed by atoms with van der Waals surface area (Å²) in [5.41, 5.74) is -0.510. The Kier molecular flexibility index (Phi) is 3.42. The Balaban J connectivity index is 1.81. The van der Waals surface area contributed by atoms with Crippen LogP contribution in [0.3, 0.4) is 0 Å². The second-order valence-electron chi connectivity index (χ2n) is 6.05. The number of ether oxygens (including phenoxy) is 2. The number of likely N-dealkylation sites (tertiary alicyclic amines) is 1. The van der Waals surface area contributed by atoms with Gasteiger partial charge in [-0.15, -0.1) is 0 Å². The van der Waals surface area contributed by atoms with E-state index in [1.54, 1.807) is 4.90 Å². The van der Waals surface area contributed by atoms with Gasteiger partial charge < -0.3 is 14.4 Å². The minimum absolute atomic E-state index is 0.0880. The van der Waals surface area contributed by atoms with Crippen molar-refractivity contribution < 1.29 is 14.3 Å². The fourth-order valence-corrected chi connectivity index (χ4v) is 2.78. The van der Waals surface area contributed by atoms with Crippen molar-refractivity contribution in [3.63, 3.8) is 0 Å². The van der Waals surface area contributed by atoms with Gasteiger partial charge in [-0.2, -0.15) is 0 Å². The molecular weight excluding hydrogens is 286 g/mol.